The smallest absolute Gasteiger partial charge is 0.271 e. The van der Waals surface area contributed by atoms with Gasteiger partial charge < -0.3 is 3.93 Å². The molecule has 0 saturated heterocycles. The zero-order chi connectivity index (χ0) is 11.4. The molecule has 4 nitrogen and oxygen atoms in total. The minimum absolute atomic E-state index is 0.112. The van der Waals surface area contributed by atoms with E-state index in [1.807, 2.05) is 9.99 Å². The summed E-state index contributed by atoms with van der Waals surface area (Å²) in [7, 11) is 0. The number of nitro benzene ring substituents is 1. The summed E-state index contributed by atoms with van der Waals surface area (Å²) in [6.07, 6.45) is 0. The summed E-state index contributed by atoms with van der Waals surface area (Å²) in [5.74, 6) is 0.489. The summed E-state index contributed by atoms with van der Waals surface area (Å²) in [4.78, 5) is 10.2. The number of hydrogen-bond donors (Lipinski definition) is 0. The lowest BCUT2D eigenvalue weighted by Crippen LogP contribution is -2.16. The number of nitro groups is 1. The van der Waals surface area contributed by atoms with Crippen molar-refractivity contribution >= 4 is 27.5 Å². The lowest BCUT2D eigenvalue weighted by Gasteiger charge is -2.18. The molecule has 0 amide bonds. The van der Waals surface area contributed by atoms with Crippen molar-refractivity contribution < 1.29 is 4.92 Å². The molecule has 0 heterocycles. The quantitative estimate of drug-likeness (QED) is 0.480. The first-order chi connectivity index (χ1) is 7.00. The molecule has 0 fully saturated rings. The summed E-state index contributed by atoms with van der Waals surface area (Å²) in [6.45, 7) is 4.98. The van der Waals surface area contributed by atoms with Crippen molar-refractivity contribution in [3.8, 4) is 0 Å². The average molecular weight is 273 g/mol. The normalized spacial score (nSPS) is 10.4. The van der Waals surface area contributed by atoms with Crippen LogP contribution in [-0.2, 0) is 0 Å². The van der Waals surface area contributed by atoms with E-state index in [1.54, 1.807) is 12.1 Å². The Hall–Kier alpha value is -1.10. The van der Waals surface area contributed by atoms with Crippen LogP contribution in [0.4, 0.5) is 11.4 Å². The van der Waals surface area contributed by atoms with Crippen molar-refractivity contribution in [2.75, 3.05) is 10.5 Å². The van der Waals surface area contributed by atoms with Crippen molar-refractivity contribution in [1.82, 2.24) is 0 Å². The number of hydrogen-bond acceptors (Lipinski definition) is 3. The Labute approximate surface area is 97.4 Å². The van der Waals surface area contributed by atoms with Crippen molar-refractivity contribution in [1.29, 1.82) is 0 Å². The Morgan fingerprint density at radius 2 is 2.20 bits per heavy atom. The van der Waals surface area contributed by atoms with Gasteiger partial charge in [-0.05, 0) is 12.0 Å². The third kappa shape index (κ3) is 3.51. The van der Waals surface area contributed by atoms with Crippen LogP contribution in [-0.4, -0.2) is 11.5 Å². The predicted octanol–water partition coefficient (Wildman–Crippen LogP) is 3.37. The van der Waals surface area contributed by atoms with Gasteiger partial charge in [0.1, 0.15) is 0 Å². The maximum absolute atomic E-state index is 10.6. The van der Waals surface area contributed by atoms with Crippen LogP contribution >= 0.6 is 16.1 Å². The van der Waals surface area contributed by atoms with Gasteiger partial charge in [0.05, 0.1) is 10.6 Å². The minimum Gasteiger partial charge on any atom is -0.308 e. The van der Waals surface area contributed by atoms with E-state index in [0.717, 1.165) is 12.2 Å². The SMILES string of the molecule is CC(C)CN(Br)c1cccc([N+](=O)[O-])c1. The molecule has 0 aromatic heterocycles. The summed E-state index contributed by atoms with van der Waals surface area (Å²) in [5.41, 5.74) is 0.915. The molecule has 0 aliphatic heterocycles. The molecular weight excluding hydrogens is 260 g/mol. The van der Waals surface area contributed by atoms with Crippen LogP contribution in [0.2, 0.25) is 0 Å². The lowest BCUT2D eigenvalue weighted by atomic mass is 10.2. The van der Waals surface area contributed by atoms with Crippen LogP contribution in [0.25, 0.3) is 0 Å². The maximum Gasteiger partial charge on any atom is 0.271 e. The summed E-state index contributed by atoms with van der Waals surface area (Å²) in [5, 5.41) is 10.6. The zero-order valence-corrected chi connectivity index (χ0v) is 10.3. The van der Waals surface area contributed by atoms with Gasteiger partial charge >= 0.3 is 0 Å². The first-order valence-corrected chi connectivity index (χ1v) is 5.39. The molecule has 0 saturated carbocycles. The fourth-order valence-electron chi connectivity index (χ4n) is 1.18. The second-order valence-electron chi connectivity index (χ2n) is 3.72. The van der Waals surface area contributed by atoms with Crippen LogP contribution in [0.1, 0.15) is 13.8 Å². The lowest BCUT2D eigenvalue weighted by molar-refractivity contribution is -0.384. The molecule has 0 aliphatic rings. The molecule has 82 valence electrons. The molecule has 15 heavy (non-hydrogen) atoms. The molecule has 0 aliphatic carbocycles. The highest BCUT2D eigenvalue weighted by Crippen LogP contribution is 2.24. The van der Waals surface area contributed by atoms with Crippen LogP contribution in [0.5, 0.6) is 0 Å². The Morgan fingerprint density at radius 3 is 2.73 bits per heavy atom. The number of halogens is 1. The van der Waals surface area contributed by atoms with Gasteiger partial charge in [-0.1, -0.05) is 19.9 Å². The second kappa shape index (κ2) is 5.11. The van der Waals surface area contributed by atoms with Crippen molar-refractivity contribution in [3.05, 3.63) is 34.4 Å². The fourth-order valence-corrected chi connectivity index (χ4v) is 1.98. The summed E-state index contributed by atoms with van der Waals surface area (Å²) in [6, 6.07) is 6.56. The van der Waals surface area contributed by atoms with E-state index in [-0.39, 0.29) is 10.6 Å². The van der Waals surface area contributed by atoms with Gasteiger partial charge in [-0.2, -0.15) is 0 Å². The van der Waals surface area contributed by atoms with Crippen molar-refractivity contribution in [2.45, 2.75) is 13.8 Å². The topological polar surface area (TPSA) is 46.4 Å². The molecule has 1 aromatic rings. The van der Waals surface area contributed by atoms with Gasteiger partial charge in [0.2, 0.25) is 0 Å². The minimum atomic E-state index is -0.389. The molecule has 1 aromatic carbocycles. The molecule has 0 unspecified atom stereocenters. The van der Waals surface area contributed by atoms with E-state index >= 15 is 0 Å². The number of non-ortho nitro benzene ring substituents is 1. The van der Waals surface area contributed by atoms with Crippen molar-refractivity contribution in [2.24, 2.45) is 5.92 Å². The fraction of sp³-hybridized carbons (Fsp3) is 0.400. The number of nitrogens with zero attached hydrogens (tertiary/aromatic N) is 2. The zero-order valence-electron chi connectivity index (χ0n) is 8.68. The molecule has 0 atom stereocenters. The number of rotatable bonds is 4. The number of benzene rings is 1. The van der Waals surface area contributed by atoms with Crippen LogP contribution in [0.3, 0.4) is 0 Å². The highest BCUT2D eigenvalue weighted by atomic mass is 79.9. The van der Waals surface area contributed by atoms with Crippen molar-refractivity contribution in [3.63, 3.8) is 0 Å². The van der Waals surface area contributed by atoms with E-state index < -0.39 is 0 Å². The second-order valence-corrected chi connectivity index (χ2v) is 4.57. The average Bonchev–Trinajstić information content (AvgIpc) is 2.17. The van der Waals surface area contributed by atoms with Gasteiger partial charge in [0.25, 0.3) is 5.69 Å². The molecule has 0 N–H and O–H groups in total. The van der Waals surface area contributed by atoms with Crippen LogP contribution in [0.15, 0.2) is 24.3 Å². The molecular formula is C10H13BrN2O2. The Morgan fingerprint density at radius 1 is 1.53 bits per heavy atom. The van der Waals surface area contributed by atoms with Gasteiger partial charge in [-0.3, -0.25) is 10.1 Å². The molecule has 1 rings (SSSR count). The van der Waals surface area contributed by atoms with Gasteiger partial charge in [0.15, 0.2) is 0 Å². The van der Waals surface area contributed by atoms with E-state index in [9.17, 15) is 10.1 Å². The monoisotopic (exact) mass is 272 g/mol. The highest BCUT2D eigenvalue weighted by molar-refractivity contribution is 9.10. The van der Waals surface area contributed by atoms with Crippen LogP contribution in [0, 0.1) is 16.0 Å². The molecule has 0 spiro atoms. The Balaban J connectivity index is 2.85. The predicted molar refractivity (Wildman–Crippen MR) is 64.2 cm³/mol. The maximum atomic E-state index is 10.6. The number of anilines is 1. The van der Waals surface area contributed by atoms with E-state index in [1.165, 1.54) is 6.07 Å². The Bertz CT molecular complexity index is 355. The van der Waals surface area contributed by atoms with E-state index in [2.05, 4.69) is 30.0 Å². The largest absolute Gasteiger partial charge is 0.308 e. The molecule has 5 heteroatoms. The van der Waals surface area contributed by atoms with E-state index in [0.29, 0.717) is 5.92 Å². The standard InChI is InChI=1S/C10H13BrN2O2/c1-8(2)7-12(11)9-4-3-5-10(6-9)13(14)15/h3-6,8H,7H2,1-2H3. The third-order valence-corrected chi connectivity index (χ3v) is 2.55. The third-order valence-electron chi connectivity index (χ3n) is 1.85. The van der Waals surface area contributed by atoms with Gasteiger partial charge in [-0.15, -0.1) is 0 Å². The molecule has 0 bridgehead atoms. The van der Waals surface area contributed by atoms with Crippen LogP contribution < -0.4 is 3.93 Å². The first kappa shape index (κ1) is 12.0. The summed E-state index contributed by atoms with van der Waals surface area (Å²) >= 11 is 3.38. The summed E-state index contributed by atoms with van der Waals surface area (Å²) < 4.78 is 1.84. The van der Waals surface area contributed by atoms with Gasteiger partial charge in [0, 0.05) is 34.8 Å². The highest BCUT2D eigenvalue weighted by Gasteiger charge is 2.10. The van der Waals surface area contributed by atoms with Gasteiger partial charge in [-0.25, -0.2) is 0 Å². The molecule has 0 radical (unpaired) electrons. The first-order valence-electron chi connectivity index (χ1n) is 4.68. The van der Waals surface area contributed by atoms with E-state index in [4.69, 9.17) is 0 Å². The Kier molecular flexibility index (Phi) is 4.08.